The predicted octanol–water partition coefficient (Wildman–Crippen LogP) is 0.528. The lowest BCUT2D eigenvalue weighted by molar-refractivity contribution is -0.384. The van der Waals surface area contributed by atoms with Crippen molar-refractivity contribution in [3.05, 3.63) is 33.9 Å². The lowest BCUT2D eigenvalue weighted by Gasteiger charge is -2.28. The molecule has 2 rings (SSSR count). The highest BCUT2D eigenvalue weighted by atomic mass is 32.2. The molecule has 1 aliphatic rings. The first-order chi connectivity index (χ1) is 9.30. The van der Waals surface area contributed by atoms with Crippen LogP contribution >= 0.6 is 0 Å². The van der Waals surface area contributed by atoms with Crippen LogP contribution in [0.2, 0.25) is 0 Å². The quantitative estimate of drug-likeness (QED) is 0.638. The summed E-state index contributed by atoms with van der Waals surface area (Å²) in [6.45, 7) is 0.235. The van der Waals surface area contributed by atoms with Crippen molar-refractivity contribution in [3.8, 4) is 0 Å². The van der Waals surface area contributed by atoms with E-state index in [-0.39, 0.29) is 41.5 Å². The molecule has 0 spiro atoms. The Morgan fingerprint density at radius 2 is 1.90 bits per heavy atom. The Labute approximate surface area is 114 Å². The second kappa shape index (κ2) is 5.08. The van der Waals surface area contributed by atoms with E-state index in [0.717, 1.165) is 12.1 Å². The van der Waals surface area contributed by atoms with Gasteiger partial charge in [-0.1, -0.05) is 0 Å². The van der Waals surface area contributed by atoms with Crippen LogP contribution in [-0.2, 0) is 9.84 Å². The number of anilines is 1. The zero-order valence-electron chi connectivity index (χ0n) is 10.4. The second-order valence-corrected chi connectivity index (χ2v) is 6.71. The first kappa shape index (κ1) is 14.3. The monoisotopic (exact) mass is 300 g/mol. The average Bonchev–Trinajstić information content (AvgIpc) is 2.37. The summed E-state index contributed by atoms with van der Waals surface area (Å²) in [4.78, 5) is 22.8. The number of sulfone groups is 1. The average molecular weight is 300 g/mol. The third kappa shape index (κ3) is 2.87. The highest BCUT2D eigenvalue weighted by molar-refractivity contribution is 7.91. The van der Waals surface area contributed by atoms with Gasteiger partial charge in [-0.3, -0.25) is 10.1 Å². The second-order valence-electron chi connectivity index (χ2n) is 4.40. The molecule has 20 heavy (non-hydrogen) atoms. The van der Waals surface area contributed by atoms with E-state index in [2.05, 4.69) is 0 Å². The molecule has 0 atom stereocenters. The molecule has 108 valence electrons. The summed E-state index contributed by atoms with van der Waals surface area (Å²) in [6, 6.07) is 3.49. The molecule has 0 aromatic heterocycles. The van der Waals surface area contributed by atoms with Crippen LogP contribution in [0.3, 0.4) is 0 Å². The Morgan fingerprint density at radius 1 is 1.30 bits per heavy atom. The molecule has 0 radical (unpaired) electrons. The van der Waals surface area contributed by atoms with Gasteiger partial charge in [0.1, 0.15) is 5.69 Å². The molecule has 0 aliphatic carbocycles. The SMILES string of the molecule is O=C(O)c1ccc([N+](=O)[O-])c(N2CCS(=O)(=O)CC2)c1. The molecule has 1 aromatic rings. The van der Waals surface area contributed by atoms with Gasteiger partial charge >= 0.3 is 5.97 Å². The molecule has 1 aromatic carbocycles. The van der Waals surface area contributed by atoms with Crippen LogP contribution in [-0.4, -0.2) is 49.0 Å². The zero-order chi connectivity index (χ0) is 14.9. The normalized spacial score (nSPS) is 17.7. The molecule has 0 unspecified atom stereocenters. The van der Waals surface area contributed by atoms with Gasteiger partial charge < -0.3 is 10.0 Å². The Kier molecular flexibility index (Phi) is 3.62. The molecule has 0 amide bonds. The minimum absolute atomic E-state index is 0.0703. The van der Waals surface area contributed by atoms with Crippen molar-refractivity contribution in [2.75, 3.05) is 29.5 Å². The molecule has 1 fully saturated rings. The first-order valence-electron chi connectivity index (χ1n) is 5.77. The number of hydrogen-bond donors (Lipinski definition) is 1. The van der Waals surface area contributed by atoms with E-state index in [0.29, 0.717) is 0 Å². The molecule has 1 N–H and O–H groups in total. The minimum atomic E-state index is -3.11. The van der Waals surface area contributed by atoms with Crippen LogP contribution in [0.25, 0.3) is 0 Å². The molecular formula is C11H12N2O6S. The summed E-state index contributed by atoms with van der Waals surface area (Å²) < 4.78 is 22.7. The van der Waals surface area contributed by atoms with Gasteiger partial charge in [0.25, 0.3) is 5.69 Å². The van der Waals surface area contributed by atoms with Crippen LogP contribution in [0.1, 0.15) is 10.4 Å². The molecule has 0 saturated carbocycles. The molecule has 0 bridgehead atoms. The van der Waals surface area contributed by atoms with Gasteiger partial charge in [-0.15, -0.1) is 0 Å². The number of nitrogens with zero attached hydrogens (tertiary/aromatic N) is 2. The van der Waals surface area contributed by atoms with Gasteiger partial charge in [-0.25, -0.2) is 13.2 Å². The Balaban J connectivity index is 2.40. The summed E-state index contributed by atoms with van der Waals surface area (Å²) in [5.41, 5.74) is -0.155. The molecule has 8 nitrogen and oxygen atoms in total. The number of nitro benzene ring substituents is 1. The molecule has 1 saturated heterocycles. The predicted molar refractivity (Wildman–Crippen MR) is 70.9 cm³/mol. The molecule has 1 aliphatic heterocycles. The maximum absolute atomic E-state index is 11.4. The summed E-state index contributed by atoms with van der Waals surface area (Å²) in [6.07, 6.45) is 0. The molecule has 9 heteroatoms. The summed E-state index contributed by atoms with van der Waals surface area (Å²) in [5, 5.41) is 19.9. The Morgan fingerprint density at radius 3 is 2.40 bits per heavy atom. The van der Waals surface area contributed by atoms with E-state index in [9.17, 15) is 23.3 Å². The fourth-order valence-electron chi connectivity index (χ4n) is 2.02. The van der Waals surface area contributed by atoms with E-state index in [4.69, 9.17) is 5.11 Å². The van der Waals surface area contributed by atoms with E-state index >= 15 is 0 Å². The van der Waals surface area contributed by atoms with Gasteiger partial charge in [-0.2, -0.15) is 0 Å². The van der Waals surface area contributed by atoms with Crippen LogP contribution in [0.15, 0.2) is 18.2 Å². The van der Waals surface area contributed by atoms with Crippen LogP contribution < -0.4 is 4.90 Å². The van der Waals surface area contributed by atoms with Crippen molar-refractivity contribution < 1.29 is 23.2 Å². The van der Waals surface area contributed by atoms with E-state index < -0.39 is 20.7 Å². The highest BCUT2D eigenvalue weighted by Crippen LogP contribution is 2.30. The van der Waals surface area contributed by atoms with Crippen molar-refractivity contribution in [2.45, 2.75) is 0 Å². The number of benzene rings is 1. The largest absolute Gasteiger partial charge is 0.478 e. The molecular weight excluding hydrogens is 288 g/mol. The van der Waals surface area contributed by atoms with Gasteiger partial charge in [0, 0.05) is 19.2 Å². The third-order valence-corrected chi connectivity index (χ3v) is 4.71. The number of hydrogen-bond acceptors (Lipinski definition) is 6. The number of aromatic carboxylic acids is 1. The van der Waals surface area contributed by atoms with Crippen LogP contribution in [0, 0.1) is 10.1 Å². The van der Waals surface area contributed by atoms with Crippen molar-refractivity contribution >= 4 is 27.2 Å². The maximum atomic E-state index is 11.4. The van der Waals surface area contributed by atoms with Crippen LogP contribution in [0.5, 0.6) is 0 Å². The summed E-state index contributed by atoms with van der Waals surface area (Å²) >= 11 is 0. The lowest BCUT2D eigenvalue weighted by atomic mass is 10.1. The van der Waals surface area contributed by atoms with Crippen molar-refractivity contribution in [1.29, 1.82) is 0 Å². The smallest absolute Gasteiger partial charge is 0.335 e. The highest BCUT2D eigenvalue weighted by Gasteiger charge is 2.27. The van der Waals surface area contributed by atoms with Crippen molar-refractivity contribution in [1.82, 2.24) is 0 Å². The lowest BCUT2D eigenvalue weighted by Crippen LogP contribution is -2.40. The van der Waals surface area contributed by atoms with Crippen molar-refractivity contribution in [3.63, 3.8) is 0 Å². The minimum Gasteiger partial charge on any atom is -0.478 e. The van der Waals surface area contributed by atoms with E-state index in [1.807, 2.05) is 0 Å². The fraction of sp³-hybridized carbons (Fsp3) is 0.364. The van der Waals surface area contributed by atoms with E-state index in [1.54, 1.807) is 0 Å². The number of rotatable bonds is 3. The van der Waals surface area contributed by atoms with Crippen LogP contribution in [0.4, 0.5) is 11.4 Å². The van der Waals surface area contributed by atoms with Gasteiger partial charge in [0.05, 0.1) is 22.0 Å². The Hall–Kier alpha value is -2.16. The van der Waals surface area contributed by atoms with E-state index in [1.165, 1.54) is 11.0 Å². The molecule has 1 heterocycles. The number of carbonyl (C=O) groups is 1. The van der Waals surface area contributed by atoms with Gasteiger partial charge in [0.2, 0.25) is 0 Å². The zero-order valence-corrected chi connectivity index (χ0v) is 11.2. The number of carboxylic acid groups (broad SMARTS) is 1. The van der Waals surface area contributed by atoms with Crippen molar-refractivity contribution in [2.24, 2.45) is 0 Å². The standard InChI is InChI=1S/C11H12N2O6S/c14-11(15)8-1-2-9(13(16)17)10(7-8)12-3-5-20(18,19)6-4-12/h1-2,7H,3-6H2,(H,14,15). The topological polar surface area (TPSA) is 118 Å². The fourth-order valence-corrected chi connectivity index (χ4v) is 3.22. The van der Waals surface area contributed by atoms with Gasteiger partial charge in [-0.05, 0) is 12.1 Å². The van der Waals surface area contributed by atoms with Gasteiger partial charge in [0.15, 0.2) is 9.84 Å². The third-order valence-electron chi connectivity index (χ3n) is 3.10. The Bertz CT molecular complexity index is 655. The number of nitro groups is 1. The summed E-state index contributed by atoms with van der Waals surface area (Å²) in [5.74, 6) is -1.38. The summed E-state index contributed by atoms with van der Waals surface area (Å²) in [7, 11) is -3.11. The first-order valence-corrected chi connectivity index (χ1v) is 7.59. The maximum Gasteiger partial charge on any atom is 0.335 e. The number of carboxylic acids is 1.